The number of thiophene rings is 1. The lowest BCUT2D eigenvalue weighted by Crippen LogP contribution is -2.22. The molecule has 0 saturated heterocycles. The molecule has 0 saturated carbocycles. The van der Waals surface area contributed by atoms with Crippen LogP contribution in [-0.2, 0) is 27.1 Å². The molecule has 1 aliphatic rings. The summed E-state index contributed by atoms with van der Waals surface area (Å²) in [7, 11) is 0. The van der Waals surface area contributed by atoms with E-state index in [-0.39, 0.29) is 12.3 Å². The fourth-order valence-electron chi connectivity index (χ4n) is 3.12. The number of amides is 1. The Hall–Kier alpha value is -2.81. The first-order valence-corrected chi connectivity index (χ1v) is 10.3. The van der Waals surface area contributed by atoms with Crippen LogP contribution in [0.2, 0.25) is 0 Å². The van der Waals surface area contributed by atoms with Gasteiger partial charge in [-0.15, -0.1) is 11.3 Å². The highest BCUT2D eigenvalue weighted by molar-refractivity contribution is 7.17. The Bertz CT molecular complexity index is 923. The van der Waals surface area contributed by atoms with Crippen LogP contribution in [0.5, 0.6) is 0 Å². The zero-order valence-electron chi connectivity index (χ0n) is 16.6. The van der Waals surface area contributed by atoms with Gasteiger partial charge in [0.1, 0.15) is 5.00 Å². The minimum Gasteiger partial charge on any atom is -0.462 e. The van der Waals surface area contributed by atoms with E-state index in [1.54, 1.807) is 13.8 Å². The van der Waals surface area contributed by atoms with E-state index in [1.807, 2.05) is 0 Å². The van der Waals surface area contributed by atoms with Crippen LogP contribution in [0.15, 0.2) is 12.4 Å². The number of hydrogen-bond acceptors (Lipinski definition) is 8. The van der Waals surface area contributed by atoms with E-state index in [1.165, 1.54) is 23.7 Å². The average molecular weight is 417 g/mol. The van der Waals surface area contributed by atoms with Crippen LogP contribution >= 0.6 is 11.3 Å². The van der Waals surface area contributed by atoms with Crippen molar-refractivity contribution in [3.05, 3.63) is 39.8 Å². The third kappa shape index (κ3) is 4.97. The van der Waals surface area contributed by atoms with Gasteiger partial charge in [-0.3, -0.25) is 9.78 Å². The van der Waals surface area contributed by atoms with Crippen molar-refractivity contribution < 1.29 is 23.9 Å². The van der Waals surface area contributed by atoms with Gasteiger partial charge in [0.2, 0.25) is 0 Å². The maximum Gasteiger partial charge on any atom is 0.359 e. The molecule has 0 unspecified atom stereocenters. The second-order valence-electron chi connectivity index (χ2n) is 6.94. The predicted octanol–water partition coefficient (Wildman–Crippen LogP) is 2.94. The number of carbonyl (C=O) groups is 3. The molecule has 0 aliphatic heterocycles. The molecule has 1 amide bonds. The molecule has 154 valence electrons. The third-order valence-electron chi connectivity index (χ3n) is 4.57. The first kappa shape index (κ1) is 20.9. The molecule has 0 spiro atoms. The van der Waals surface area contributed by atoms with Crippen LogP contribution < -0.4 is 5.32 Å². The van der Waals surface area contributed by atoms with Gasteiger partial charge < -0.3 is 14.8 Å². The maximum absolute atomic E-state index is 12.5. The summed E-state index contributed by atoms with van der Waals surface area (Å²) in [5.74, 6) is -1.19. The minimum absolute atomic E-state index is 0.0242. The van der Waals surface area contributed by atoms with E-state index in [0.717, 1.165) is 29.7 Å². The topological polar surface area (TPSA) is 107 Å². The number of nitrogens with zero attached hydrogens (tertiary/aromatic N) is 2. The summed E-state index contributed by atoms with van der Waals surface area (Å²) in [5, 5.41) is 3.15. The van der Waals surface area contributed by atoms with Crippen molar-refractivity contribution in [2.24, 2.45) is 5.92 Å². The molecule has 1 aliphatic carbocycles. The van der Waals surface area contributed by atoms with Crippen molar-refractivity contribution >= 4 is 34.2 Å². The van der Waals surface area contributed by atoms with E-state index < -0.39 is 24.5 Å². The highest BCUT2D eigenvalue weighted by Gasteiger charge is 2.29. The first-order valence-electron chi connectivity index (χ1n) is 9.46. The number of rotatable bonds is 6. The number of nitrogens with one attached hydrogen (secondary N) is 1. The Morgan fingerprint density at radius 1 is 1.21 bits per heavy atom. The molecule has 8 nitrogen and oxygen atoms in total. The quantitative estimate of drug-likeness (QED) is 0.720. The largest absolute Gasteiger partial charge is 0.462 e. The molecule has 2 aromatic heterocycles. The number of hydrogen-bond donors (Lipinski definition) is 1. The SMILES string of the molecule is CCOC(=O)c1c(NC(=O)COC(=O)c2cnc(C)cn2)sc2c1CC[C@H](C)C2. The Kier molecular flexibility index (Phi) is 6.58. The summed E-state index contributed by atoms with van der Waals surface area (Å²) in [4.78, 5) is 45.8. The van der Waals surface area contributed by atoms with Gasteiger partial charge in [-0.2, -0.15) is 0 Å². The third-order valence-corrected chi connectivity index (χ3v) is 5.74. The van der Waals surface area contributed by atoms with E-state index in [9.17, 15) is 14.4 Å². The lowest BCUT2D eigenvalue weighted by molar-refractivity contribution is -0.119. The smallest absolute Gasteiger partial charge is 0.359 e. The van der Waals surface area contributed by atoms with Crippen LogP contribution in [-0.4, -0.2) is 41.0 Å². The summed E-state index contributed by atoms with van der Waals surface area (Å²) in [6.45, 7) is 5.42. The summed E-state index contributed by atoms with van der Waals surface area (Å²) in [6, 6.07) is 0. The van der Waals surface area contributed by atoms with Crippen LogP contribution in [0, 0.1) is 12.8 Å². The predicted molar refractivity (Wildman–Crippen MR) is 107 cm³/mol. The zero-order valence-corrected chi connectivity index (χ0v) is 17.4. The van der Waals surface area contributed by atoms with Gasteiger partial charge in [0, 0.05) is 11.1 Å². The Balaban J connectivity index is 1.70. The summed E-state index contributed by atoms with van der Waals surface area (Å²) < 4.78 is 10.2. The number of ether oxygens (including phenoxy) is 2. The molecule has 0 fully saturated rings. The van der Waals surface area contributed by atoms with E-state index in [4.69, 9.17) is 9.47 Å². The van der Waals surface area contributed by atoms with E-state index in [0.29, 0.717) is 22.2 Å². The molecular weight excluding hydrogens is 394 g/mol. The Morgan fingerprint density at radius 2 is 2.00 bits per heavy atom. The minimum atomic E-state index is -0.738. The Labute approximate surface area is 172 Å². The van der Waals surface area contributed by atoms with Crippen molar-refractivity contribution in [3.8, 4) is 0 Å². The highest BCUT2D eigenvalue weighted by Crippen LogP contribution is 2.40. The number of carbonyl (C=O) groups excluding carboxylic acids is 3. The molecule has 1 N–H and O–H groups in total. The van der Waals surface area contributed by atoms with Crippen molar-refractivity contribution in [2.45, 2.75) is 40.0 Å². The van der Waals surface area contributed by atoms with Gasteiger partial charge >= 0.3 is 11.9 Å². The number of anilines is 1. The molecule has 0 radical (unpaired) electrons. The molecular formula is C20H23N3O5S. The molecule has 1 atom stereocenters. The normalized spacial score (nSPS) is 15.3. The summed E-state index contributed by atoms with van der Waals surface area (Å²) in [6.07, 6.45) is 5.36. The lowest BCUT2D eigenvalue weighted by Gasteiger charge is -2.18. The fourth-order valence-corrected chi connectivity index (χ4v) is 4.54. The number of fused-ring (bicyclic) bond motifs is 1. The van der Waals surface area contributed by atoms with Crippen molar-refractivity contribution in [3.63, 3.8) is 0 Å². The average Bonchev–Trinajstić information content (AvgIpc) is 3.03. The highest BCUT2D eigenvalue weighted by atomic mass is 32.1. The summed E-state index contributed by atoms with van der Waals surface area (Å²) in [5.41, 5.74) is 2.06. The lowest BCUT2D eigenvalue weighted by atomic mass is 9.88. The Morgan fingerprint density at radius 3 is 2.69 bits per heavy atom. The van der Waals surface area contributed by atoms with Gasteiger partial charge in [0.05, 0.1) is 24.1 Å². The molecule has 2 aromatic rings. The van der Waals surface area contributed by atoms with Crippen LogP contribution in [0.25, 0.3) is 0 Å². The number of esters is 2. The van der Waals surface area contributed by atoms with E-state index in [2.05, 4.69) is 22.2 Å². The van der Waals surface area contributed by atoms with Crippen LogP contribution in [0.1, 0.15) is 57.2 Å². The standard InChI is InChI=1S/C20H23N3O5S/c1-4-27-20(26)17-13-6-5-11(2)7-15(13)29-18(17)23-16(24)10-28-19(25)14-9-21-12(3)8-22-14/h8-9,11H,4-7,10H2,1-3H3,(H,23,24)/t11-/m0/s1. The maximum atomic E-state index is 12.5. The van der Waals surface area contributed by atoms with Gasteiger partial charge in [0.15, 0.2) is 12.3 Å². The van der Waals surface area contributed by atoms with Gasteiger partial charge in [0.25, 0.3) is 5.91 Å². The van der Waals surface area contributed by atoms with Crippen LogP contribution in [0.4, 0.5) is 5.00 Å². The molecule has 0 bridgehead atoms. The second kappa shape index (κ2) is 9.13. The van der Waals surface area contributed by atoms with Crippen molar-refractivity contribution in [1.29, 1.82) is 0 Å². The van der Waals surface area contributed by atoms with Gasteiger partial charge in [-0.25, -0.2) is 14.6 Å². The summed E-state index contributed by atoms with van der Waals surface area (Å²) >= 11 is 1.38. The monoisotopic (exact) mass is 417 g/mol. The van der Waals surface area contributed by atoms with Crippen molar-refractivity contribution in [2.75, 3.05) is 18.5 Å². The van der Waals surface area contributed by atoms with Gasteiger partial charge in [-0.1, -0.05) is 6.92 Å². The molecule has 2 heterocycles. The second-order valence-corrected chi connectivity index (χ2v) is 8.05. The molecule has 3 rings (SSSR count). The zero-order chi connectivity index (χ0) is 21.0. The van der Waals surface area contributed by atoms with Gasteiger partial charge in [-0.05, 0) is 44.6 Å². The number of aryl methyl sites for hydroxylation is 1. The molecule has 29 heavy (non-hydrogen) atoms. The number of aromatic nitrogens is 2. The van der Waals surface area contributed by atoms with Crippen molar-refractivity contribution in [1.82, 2.24) is 9.97 Å². The molecule has 0 aromatic carbocycles. The fraction of sp³-hybridized carbons (Fsp3) is 0.450. The first-order chi connectivity index (χ1) is 13.9. The van der Waals surface area contributed by atoms with Crippen LogP contribution in [0.3, 0.4) is 0 Å². The van der Waals surface area contributed by atoms with E-state index >= 15 is 0 Å². The molecule has 9 heteroatoms.